The summed E-state index contributed by atoms with van der Waals surface area (Å²) in [6.45, 7) is 0.814. The molecule has 37 heavy (non-hydrogen) atoms. The molecule has 4 rings (SSSR count). The quantitative estimate of drug-likeness (QED) is 0.181. The summed E-state index contributed by atoms with van der Waals surface area (Å²) in [6.07, 6.45) is 0. The third-order valence-corrected chi connectivity index (χ3v) is 6.34. The molecule has 3 N–H and O–H groups in total. The van der Waals surface area contributed by atoms with Crippen LogP contribution in [0.25, 0.3) is 10.8 Å². The molecular formula is C26H25N5O5S. The van der Waals surface area contributed by atoms with Crippen molar-refractivity contribution in [1.82, 2.24) is 0 Å². The largest absolute Gasteiger partial charge is 0.395 e. The lowest BCUT2D eigenvalue weighted by Gasteiger charge is -2.22. The zero-order valence-electron chi connectivity index (χ0n) is 19.7. The van der Waals surface area contributed by atoms with Crippen LogP contribution < -0.4 is 4.90 Å². The van der Waals surface area contributed by atoms with Gasteiger partial charge in [0, 0.05) is 29.5 Å². The van der Waals surface area contributed by atoms with E-state index in [1.165, 1.54) is 18.2 Å². The van der Waals surface area contributed by atoms with E-state index in [1.54, 1.807) is 18.2 Å². The SMILES string of the molecule is O=S(=O)(O)c1cccc(N=Nc2ccc(N=Nc3ccc(N(CCO)CCO)cc3)c3ccccc23)c1. The van der Waals surface area contributed by atoms with E-state index in [1.807, 2.05) is 53.4 Å². The highest BCUT2D eigenvalue weighted by Gasteiger charge is 2.10. The monoisotopic (exact) mass is 519 g/mol. The predicted octanol–water partition coefficient (Wildman–Crippen LogP) is 5.71. The first-order chi connectivity index (χ1) is 17.9. The molecule has 4 aromatic rings. The Bertz CT molecular complexity index is 1530. The van der Waals surface area contributed by atoms with Gasteiger partial charge in [0.1, 0.15) is 0 Å². The molecule has 0 aliphatic heterocycles. The van der Waals surface area contributed by atoms with Gasteiger partial charge in [-0.15, -0.1) is 10.2 Å². The van der Waals surface area contributed by atoms with Gasteiger partial charge in [-0.2, -0.15) is 18.6 Å². The Labute approximate surface area is 214 Å². The predicted molar refractivity (Wildman–Crippen MR) is 141 cm³/mol. The van der Waals surface area contributed by atoms with Gasteiger partial charge in [-0.25, -0.2) is 0 Å². The molecule has 190 valence electrons. The number of anilines is 1. The molecule has 0 saturated carbocycles. The molecule has 0 bridgehead atoms. The molecule has 0 amide bonds. The van der Waals surface area contributed by atoms with Gasteiger partial charge in [0.05, 0.1) is 40.9 Å². The van der Waals surface area contributed by atoms with Crippen molar-refractivity contribution in [2.75, 3.05) is 31.2 Å². The number of azo groups is 2. The van der Waals surface area contributed by atoms with Crippen LogP contribution in [0, 0.1) is 0 Å². The maximum Gasteiger partial charge on any atom is 0.294 e. The van der Waals surface area contributed by atoms with E-state index in [0.29, 0.717) is 30.2 Å². The molecule has 11 heteroatoms. The molecule has 0 atom stereocenters. The van der Waals surface area contributed by atoms with Crippen molar-refractivity contribution in [1.29, 1.82) is 0 Å². The smallest absolute Gasteiger partial charge is 0.294 e. The molecule has 0 saturated heterocycles. The number of aliphatic hydroxyl groups excluding tert-OH is 2. The van der Waals surface area contributed by atoms with E-state index in [0.717, 1.165) is 16.5 Å². The molecule has 0 aliphatic carbocycles. The number of benzene rings is 4. The number of hydrogen-bond donors (Lipinski definition) is 3. The van der Waals surface area contributed by atoms with Crippen molar-refractivity contribution in [3.05, 3.63) is 84.9 Å². The lowest BCUT2D eigenvalue weighted by atomic mass is 10.1. The van der Waals surface area contributed by atoms with Gasteiger partial charge in [-0.05, 0) is 54.6 Å². The lowest BCUT2D eigenvalue weighted by Crippen LogP contribution is -2.29. The minimum absolute atomic E-state index is 0.0128. The zero-order chi connectivity index (χ0) is 26.3. The van der Waals surface area contributed by atoms with Crippen molar-refractivity contribution in [3.63, 3.8) is 0 Å². The van der Waals surface area contributed by atoms with Gasteiger partial charge in [-0.3, -0.25) is 4.55 Å². The fourth-order valence-corrected chi connectivity index (χ4v) is 4.23. The maximum atomic E-state index is 11.4. The average Bonchev–Trinajstić information content (AvgIpc) is 2.91. The summed E-state index contributed by atoms with van der Waals surface area (Å²) in [5.41, 5.74) is 2.98. The highest BCUT2D eigenvalue weighted by Crippen LogP contribution is 2.35. The lowest BCUT2D eigenvalue weighted by molar-refractivity contribution is 0.281. The Hall–Kier alpha value is -4.03. The number of aliphatic hydroxyl groups is 2. The number of nitrogens with zero attached hydrogens (tertiary/aromatic N) is 5. The van der Waals surface area contributed by atoms with Crippen molar-refractivity contribution in [3.8, 4) is 0 Å². The standard InChI is InChI=1S/C26H25N5O5S/c32-16-14-31(15-17-33)21-10-8-19(9-11-21)27-29-25-12-13-26(24-7-2-1-6-23(24)25)30-28-20-4-3-5-22(18-20)37(34,35)36/h1-13,18,32-33H,14-17H2,(H,34,35,36). The summed E-state index contributed by atoms with van der Waals surface area (Å²) in [6, 6.07) is 24.0. The molecule has 10 nitrogen and oxygen atoms in total. The normalized spacial score (nSPS) is 12.1. The van der Waals surface area contributed by atoms with Gasteiger partial charge in [0.15, 0.2) is 0 Å². The van der Waals surface area contributed by atoms with Crippen LogP contribution in [0.15, 0.2) is 110 Å². The molecular weight excluding hydrogens is 494 g/mol. The van der Waals surface area contributed by atoms with Crippen LogP contribution in [0.5, 0.6) is 0 Å². The molecule has 0 aromatic heterocycles. The van der Waals surface area contributed by atoms with Crippen LogP contribution in [0.2, 0.25) is 0 Å². The van der Waals surface area contributed by atoms with Crippen LogP contribution in [0.4, 0.5) is 28.4 Å². The van der Waals surface area contributed by atoms with E-state index in [2.05, 4.69) is 20.5 Å². The fraction of sp³-hybridized carbons (Fsp3) is 0.154. The summed E-state index contributed by atoms with van der Waals surface area (Å²) in [5.74, 6) is 0. The summed E-state index contributed by atoms with van der Waals surface area (Å²) < 4.78 is 32.0. The van der Waals surface area contributed by atoms with Gasteiger partial charge in [0.25, 0.3) is 10.1 Å². The van der Waals surface area contributed by atoms with Crippen LogP contribution in [-0.4, -0.2) is 49.5 Å². The number of hydrogen-bond acceptors (Lipinski definition) is 9. The topological polar surface area (TPSA) is 148 Å². The van der Waals surface area contributed by atoms with E-state index in [9.17, 15) is 23.2 Å². The van der Waals surface area contributed by atoms with Crippen molar-refractivity contribution >= 4 is 49.3 Å². The van der Waals surface area contributed by atoms with Gasteiger partial charge >= 0.3 is 0 Å². The van der Waals surface area contributed by atoms with Crippen LogP contribution in [-0.2, 0) is 10.1 Å². The molecule has 0 aliphatic rings. The molecule has 4 aromatic carbocycles. The first kappa shape index (κ1) is 26.0. The fourth-order valence-electron chi connectivity index (χ4n) is 3.71. The van der Waals surface area contributed by atoms with Gasteiger partial charge in [0.2, 0.25) is 0 Å². The zero-order valence-corrected chi connectivity index (χ0v) is 20.5. The van der Waals surface area contributed by atoms with Gasteiger partial charge < -0.3 is 15.1 Å². The van der Waals surface area contributed by atoms with E-state index < -0.39 is 10.1 Å². The van der Waals surface area contributed by atoms with Crippen molar-refractivity contribution < 1.29 is 23.2 Å². The second-order valence-electron chi connectivity index (χ2n) is 7.97. The van der Waals surface area contributed by atoms with E-state index in [-0.39, 0.29) is 23.8 Å². The average molecular weight is 520 g/mol. The van der Waals surface area contributed by atoms with Gasteiger partial charge in [-0.1, -0.05) is 30.3 Å². The van der Waals surface area contributed by atoms with E-state index >= 15 is 0 Å². The Balaban J connectivity index is 1.59. The third kappa shape index (κ3) is 6.60. The third-order valence-electron chi connectivity index (χ3n) is 5.49. The minimum atomic E-state index is -4.34. The minimum Gasteiger partial charge on any atom is -0.395 e. The van der Waals surface area contributed by atoms with Crippen LogP contribution in [0.3, 0.4) is 0 Å². The number of rotatable bonds is 10. The highest BCUT2D eigenvalue weighted by molar-refractivity contribution is 7.85. The molecule has 0 heterocycles. The summed E-state index contributed by atoms with van der Waals surface area (Å²) >= 11 is 0. The Kier molecular flexibility index (Phi) is 8.31. The summed E-state index contributed by atoms with van der Waals surface area (Å²) in [7, 11) is -4.34. The molecule has 0 fully saturated rings. The first-order valence-corrected chi connectivity index (χ1v) is 12.8. The highest BCUT2D eigenvalue weighted by atomic mass is 32.2. The summed E-state index contributed by atoms with van der Waals surface area (Å²) in [4.78, 5) is 1.62. The second-order valence-corrected chi connectivity index (χ2v) is 9.39. The van der Waals surface area contributed by atoms with Crippen LogP contribution >= 0.6 is 0 Å². The summed E-state index contributed by atoms with van der Waals surface area (Å²) in [5, 5.41) is 37.2. The first-order valence-electron chi connectivity index (χ1n) is 11.4. The maximum absolute atomic E-state index is 11.4. The number of fused-ring (bicyclic) bond motifs is 1. The Morgan fingerprint density at radius 1 is 0.649 bits per heavy atom. The second kappa shape index (κ2) is 11.8. The Morgan fingerprint density at radius 3 is 1.76 bits per heavy atom. The molecule has 0 unspecified atom stereocenters. The van der Waals surface area contributed by atoms with Crippen molar-refractivity contribution in [2.24, 2.45) is 20.5 Å². The van der Waals surface area contributed by atoms with Crippen molar-refractivity contribution in [2.45, 2.75) is 4.90 Å². The molecule has 0 spiro atoms. The Morgan fingerprint density at radius 2 is 1.22 bits per heavy atom. The molecule has 0 radical (unpaired) electrons. The van der Waals surface area contributed by atoms with Crippen LogP contribution in [0.1, 0.15) is 0 Å². The van der Waals surface area contributed by atoms with E-state index in [4.69, 9.17) is 0 Å².